The lowest BCUT2D eigenvalue weighted by Crippen LogP contribution is -2.54. The van der Waals surface area contributed by atoms with Crippen LogP contribution in [0.3, 0.4) is 0 Å². The Balaban J connectivity index is 1.58. The molecule has 148 valence electrons. The van der Waals surface area contributed by atoms with Crippen LogP contribution in [0.25, 0.3) is 0 Å². The molecule has 5 nitrogen and oxygen atoms in total. The van der Waals surface area contributed by atoms with E-state index in [1.54, 1.807) is 4.90 Å². The summed E-state index contributed by atoms with van der Waals surface area (Å²) in [4.78, 5) is 28.5. The molecule has 1 aliphatic rings. The van der Waals surface area contributed by atoms with Crippen molar-refractivity contribution in [3.63, 3.8) is 0 Å². The molecule has 28 heavy (non-hydrogen) atoms. The van der Waals surface area contributed by atoms with Gasteiger partial charge in [0.2, 0.25) is 5.91 Å². The zero-order chi connectivity index (χ0) is 20.3. The van der Waals surface area contributed by atoms with Crippen LogP contribution in [0.4, 0.5) is 18.9 Å². The molecule has 2 aromatic rings. The monoisotopic (exact) mass is 391 g/mol. The number of nitrogens with zero attached hydrogens (tertiary/aromatic N) is 2. The average molecular weight is 391 g/mol. The van der Waals surface area contributed by atoms with E-state index in [1.807, 2.05) is 30.3 Å². The number of hydrogen-bond acceptors (Lipinski definition) is 3. The second-order valence-corrected chi connectivity index (χ2v) is 6.57. The predicted molar refractivity (Wildman–Crippen MR) is 98.5 cm³/mol. The van der Waals surface area contributed by atoms with E-state index in [2.05, 4.69) is 10.2 Å². The summed E-state index contributed by atoms with van der Waals surface area (Å²) >= 11 is 0. The molecule has 0 spiro atoms. The number of hydrogen-bond donors (Lipinski definition) is 1. The highest BCUT2D eigenvalue weighted by atomic mass is 19.2. The number of para-hydroxylation sites is 1. The number of carbonyl (C=O) groups excluding carboxylic acids is 2. The molecule has 0 aliphatic carbocycles. The molecule has 1 fully saturated rings. The first kappa shape index (κ1) is 19.7. The van der Waals surface area contributed by atoms with E-state index in [-0.39, 0.29) is 5.91 Å². The Labute approximate surface area is 160 Å². The minimum atomic E-state index is -1.72. The molecule has 1 aliphatic heterocycles. The molecule has 3 rings (SSSR count). The summed E-state index contributed by atoms with van der Waals surface area (Å²) in [6.45, 7) is 3.73. The van der Waals surface area contributed by atoms with E-state index in [0.29, 0.717) is 32.2 Å². The smallest absolute Gasteiger partial charge is 0.255 e. The second kappa shape index (κ2) is 8.33. The number of amides is 2. The van der Waals surface area contributed by atoms with Gasteiger partial charge in [0.1, 0.15) is 6.04 Å². The normalized spacial score (nSPS) is 15.3. The van der Waals surface area contributed by atoms with E-state index in [9.17, 15) is 22.8 Å². The Morgan fingerprint density at radius 1 is 0.929 bits per heavy atom. The van der Waals surface area contributed by atoms with E-state index in [4.69, 9.17) is 0 Å². The van der Waals surface area contributed by atoms with Crippen LogP contribution in [0, 0.1) is 17.5 Å². The molecule has 1 atom stereocenters. The first-order valence-electron chi connectivity index (χ1n) is 8.91. The third kappa shape index (κ3) is 4.11. The standard InChI is InChI=1S/C20H20F3N3O2/c1-13(24-19(27)15-7-8-16(21)18(23)17(15)22)20(28)26-11-9-25(10-12-26)14-5-3-2-4-6-14/h2-8,13H,9-12H2,1H3,(H,24,27)/t13-/m0/s1. The van der Waals surface area contributed by atoms with Gasteiger partial charge in [-0.1, -0.05) is 18.2 Å². The molecule has 0 unspecified atom stereocenters. The largest absolute Gasteiger partial charge is 0.368 e. The quantitative estimate of drug-likeness (QED) is 0.816. The topological polar surface area (TPSA) is 52.7 Å². The van der Waals surface area contributed by atoms with Gasteiger partial charge >= 0.3 is 0 Å². The lowest BCUT2D eigenvalue weighted by molar-refractivity contribution is -0.133. The Bertz CT molecular complexity index is 868. The van der Waals surface area contributed by atoms with Gasteiger partial charge in [-0.15, -0.1) is 0 Å². The maximum atomic E-state index is 13.7. The van der Waals surface area contributed by atoms with E-state index in [0.717, 1.165) is 11.8 Å². The zero-order valence-electron chi connectivity index (χ0n) is 15.3. The van der Waals surface area contributed by atoms with E-state index < -0.39 is 35.0 Å². The lowest BCUT2D eigenvalue weighted by Gasteiger charge is -2.37. The Hall–Kier alpha value is -3.03. The fraction of sp³-hybridized carbons (Fsp3) is 0.300. The maximum absolute atomic E-state index is 13.7. The fourth-order valence-corrected chi connectivity index (χ4v) is 3.14. The number of anilines is 1. The molecular formula is C20H20F3N3O2. The molecule has 8 heteroatoms. The second-order valence-electron chi connectivity index (χ2n) is 6.57. The van der Waals surface area contributed by atoms with E-state index in [1.165, 1.54) is 6.92 Å². The summed E-state index contributed by atoms with van der Waals surface area (Å²) in [7, 11) is 0. The minimum Gasteiger partial charge on any atom is -0.368 e. The van der Waals surface area contributed by atoms with Crippen molar-refractivity contribution in [2.45, 2.75) is 13.0 Å². The third-order valence-corrected chi connectivity index (χ3v) is 4.71. The summed E-state index contributed by atoms with van der Waals surface area (Å²) < 4.78 is 40.1. The van der Waals surface area contributed by atoms with E-state index >= 15 is 0 Å². The molecule has 2 aromatic carbocycles. The molecule has 2 amide bonds. The Morgan fingerprint density at radius 3 is 2.21 bits per heavy atom. The molecule has 0 aromatic heterocycles. The van der Waals surface area contributed by atoms with Crippen molar-refractivity contribution in [1.82, 2.24) is 10.2 Å². The molecule has 0 bridgehead atoms. The Kier molecular flexibility index (Phi) is 5.87. The van der Waals surface area contributed by atoms with Gasteiger partial charge in [0.25, 0.3) is 5.91 Å². The van der Waals surface area contributed by atoms with Crippen LogP contribution in [-0.2, 0) is 4.79 Å². The van der Waals surface area contributed by atoms with Crippen molar-refractivity contribution in [3.05, 3.63) is 65.5 Å². The van der Waals surface area contributed by atoms with Gasteiger partial charge in [-0.3, -0.25) is 9.59 Å². The highest BCUT2D eigenvalue weighted by Crippen LogP contribution is 2.17. The van der Waals surface area contributed by atoms with Gasteiger partial charge in [0.05, 0.1) is 5.56 Å². The van der Waals surface area contributed by atoms with Crippen molar-refractivity contribution in [1.29, 1.82) is 0 Å². The van der Waals surface area contributed by atoms with Crippen LogP contribution in [-0.4, -0.2) is 48.9 Å². The highest BCUT2D eigenvalue weighted by Gasteiger charge is 2.27. The first-order chi connectivity index (χ1) is 13.4. The van der Waals surface area contributed by atoms with Crippen LogP contribution in [0.5, 0.6) is 0 Å². The summed E-state index contributed by atoms with van der Waals surface area (Å²) in [6.07, 6.45) is 0. The number of halogens is 3. The zero-order valence-corrected chi connectivity index (χ0v) is 15.3. The molecule has 1 heterocycles. The molecule has 0 saturated carbocycles. The molecular weight excluding hydrogens is 371 g/mol. The number of rotatable bonds is 4. The van der Waals surface area contributed by atoms with Gasteiger partial charge < -0.3 is 15.1 Å². The van der Waals surface area contributed by atoms with Crippen molar-refractivity contribution in [2.75, 3.05) is 31.1 Å². The summed E-state index contributed by atoms with van der Waals surface area (Å²) in [6, 6.07) is 10.4. The lowest BCUT2D eigenvalue weighted by atomic mass is 10.1. The SMILES string of the molecule is C[C@H](NC(=O)c1ccc(F)c(F)c1F)C(=O)N1CCN(c2ccccc2)CC1. The van der Waals surface area contributed by atoms with Crippen LogP contribution in [0.2, 0.25) is 0 Å². The number of nitrogens with one attached hydrogen (secondary N) is 1. The fourth-order valence-electron chi connectivity index (χ4n) is 3.14. The number of piperazine rings is 1. The summed E-state index contributed by atoms with van der Waals surface area (Å²) in [5.74, 6) is -5.96. The first-order valence-corrected chi connectivity index (χ1v) is 8.91. The minimum absolute atomic E-state index is 0.316. The van der Waals surface area contributed by atoms with Gasteiger partial charge in [-0.25, -0.2) is 13.2 Å². The molecule has 1 saturated heterocycles. The average Bonchev–Trinajstić information content (AvgIpc) is 2.72. The summed E-state index contributed by atoms with van der Waals surface area (Å²) in [5, 5.41) is 2.35. The van der Waals surface area contributed by atoms with Crippen molar-refractivity contribution in [3.8, 4) is 0 Å². The summed E-state index contributed by atoms with van der Waals surface area (Å²) in [5.41, 5.74) is 0.428. The Morgan fingerprint density at radius 2 is 1.57 bits per heavy atom. The van der Waals surface area contributed by atoms with Crippen LogP contribution in [0.15, 0.2) is 42.5 Å². The van der Waals surface area contributed by atoms with Crippen LogP contribution < -0.4 is 10.2 Å². The molecule has 0 radical (unpaired) electrons. The van der Waals surface area contributed by atoms with Gasteiger partial charge in [0, 0.05) is 31.9 Å². The maximum Gasteiger partial charge on any atom is 0.255 e. The van der Waals surface area contributed by atoms with Gasteiger partial charge in [-0.05, 0) is 31.2 Å². The van der Waals surface area contributed by atoms with Crippen LogP contribution >= 0.6 is 0 Å². The van der Waals surface area contributed by atoms with Gasteiger partial charge in [-0.2, -0.15) is 0 Å². The number of benzene rings is 2. The van der Waals surface area contributed by atoms with Crippen molar-refractivity contribution < 1.29 is 22.8 Å². The highest BCUT2D eigenvalue weighted by molar-refractivity contribution is 5.97. The third-order valence-electron chi connectivity index (χ3n) is 4.71. The predicted octanol–water partition coefficient (Wildman–Crippen LogP) is 2.57. The van der Waals surface area contributed by atoms with Crippen molar-refractivity contribution >= 4 is 17.5 Å². The van der Waals surface area contributed by atoms with Crippen molar-refractivity contribution in [2.24, 2.45) is 0 Å². The van der Waals surface area contributed by atoms with Crippen LogP contribution in [0.1, 0.15) is 17.3 Å². The number of carbonyl (C=O) groups is 2. The van der Waals surface area contributed by atoms with Gasteiger partial charge in [0.15, 0.2) is 17.5 Å². The molecule has 1 N–H and O–H groups in total.